The maximum absolute atomic E-state index is 12.4. The largest absolute Gasteiger partial charge is 0.349 e. The quantitative estimate of drug-likeness (QED) is 0.781. The fourth-order valence-corrected chi connectivity index (χ4v) is 3.75. The molecule has 1 unspecified atom stereocenters. The van der Waals surface area contributed by atoms with E-state index in [0.29, 0.717) is 17.0 Å². The molecule has 2 N–H and O–H groups in total. The molecule has 6 nitrogen and oxygen atoms in total. The molecule has 1 heterocycles. The summed E-state index contributed by atoms with van der Waals surface area (Å²) in [5, 5.41) is 5.95. The van der Waals surface area contributed by atoms with Gasteiger partial charge in [-0.2, -0.15) is 0 Å². The molecule has 3 rings (SSSR count). The molecule has 0 aromatic heterocycles. The second-order valence-electron chi connectivity index (χ2n) is 6.92. The second-order valence-corrected chi connectivity index (χ2v) is 8.30. The highest BCUT2D eigenvalue weighted by atomic mass is 32.2. The molecule has 28 heavy (non-hydrogen) atoms. The van der Waals surface area contributed by atoms with E-state index in [1.165, 1.54) is 0 Å². The predicted octanol–water partition coefficient (Wildman–Crippen LogP) is 2.26. The minimum absolute atomic E-state index is 0.0258. The third kappa shape index (κ3) is 5.74. The Balaban J connectivity index is 1.43. The molecule has 1 fully saturated rings. The Hall–Kier alpha value is -2.51. The fraction of sp³-hybridized carbons (Fsp3) is 0.333. The first-order valence-corrected chi connectivity index (χ1v) is 10.9. The molecule has 2 aromatic rings. The highest BCUT2D eigenvalue weighted by Crippen LogP contribution is 2.13. The minimum Gasteiger partial charge on any atom is -0.349 e. The zero-order chi connectivity index (χ0) is 19.9. The summed E-state index contributed by atoms with van der Waals surface area (Å²) in [6.45, 7) is 1.88. The Morgan fingerprint density at radius 1 is 1.04 bits per heavy atom. The van der Waals surface area contributed by atoms with Crippen molar-refractivity contribution in [1.29, 1.82) is 0 Å². The summed E-state index contributed by atoms with van der Waals surface area (Å²) in [5.41, 5.74) is 1.37. The van der Waals surface area contributed by atoms with Crippen molar-refractivity contribution in [3.05, 3.63) is 60.2 Å². The molecule has 1 aliphatic heterocycles. The van der Waals surface area contributed by atoms with Gasteiger partial charge in [0.25, 0.3) is 5.91 Å². The number of anilines is 1. The summed E-state index contributed by atoms with van der Waals surface area (Å²) >= 11 is 0. The van der Waals surface area contributed by atoms with Gasteiger partial charge in [-0.25, -0.2) is 0 Å². The smallest absolute Gasteiger partial charge is 0.251 e. The Morgan fingerprint density at radius 2 is 1.68 bits per heavy atom. The maximum atomic E-state index is 12.4. The molecule has 0 saturated carbocycles. The molecular weight excluding hydrogens is 374 g/mol. The van der Waals surface area contributed by atoms with Gasteiger partial charge in [-0.3, -0.25) is 18.7 Å². The molecule has 1 aliphatic rings. The number of carbonyl (C=O) groups is 2. The summed E-state index contributed by atoms with van der Waals surface area (Å²) in [6.07, 6.45) is 3.23. The van der Waals surface area contributed by atoms with Crippen molar-refractivity contribution in [2.24, 2.45) is 0 Å². The van der Waals surface area contributed by atoms with E-state index in [9.17, 15) is 13.8 Å². The lowest BCUT2D eigenvalue weighted by atomic mass is 10.0. The number of hydrogen-bond acceptors (Lipinski definition) is 4. The van der Waals surface area contributed by atoms with Crippen LogP contribution < -0.4 is 10.6 Å². The van der Waals surface area contributed by atoms with Crippen molar-refractivity contribution in [3.63, 3.8) is 0 Å². The summed E-state index contributed by atoms with van der Waals surface area (Å²) in [5.74, 6) is -0.143. The molecule has 2 amide bonds. The number of benzene rings is 2. The number of hydrogen-bond donors (Lipinski definition) is 2. The Morgan fingerprint density at radius 3 is 2.29 bits per heavy atom. The first-order valence-electron chi connectivity index (χ1n) is 9.33. The highest BCUT2D eigenvalue weighted by molar-refractivity contribution is 7.84. The lowest BCUT2D eigenvalue weighted by molar-refractivity contribution is -0.117. The third-order valence-electron chi connectivity index (χ3n) is 4.80. The molecule has 1 saturated heterocycles. The van der Waals surface area contributed by atoms with Gasteiger partial charge in [0, 0.05) is 52.3 Å². The van der Waals surface area contributed by atoms with Gasteiger partial charge in [0.2, 0.25) is 5.91 Å². The first kappa shape index (κ1) is 20.2. The number of carbonyl (C=O) groups excluding carboxylic acids is 2. The first-order chi connectivity index (χ1) is 13.5. The van der Waals surface area contributed by atoms with E-state index in [2.05, 4.69) is 15.5 Å². The van der Waals surface area contributed by atoms with Gasteiger partial charge in [-0.1, -0.05) is 18.2 Å². The van der Waals surface area contributed by atoms with Gasteiger partial charge in [0.15, 0.2) is 0 Å². The van der Waals surface area contributed by atoms with Crippen LogP contribution in [0.5, 0.6) is 0 Å². The van der Waals surface area contributed by atoms with Crippen molar-refractivity contribution < 1.29 is 13.8 Å². The molecule has 2 aromatic carbocycles. The van der Waals surface area contributed by atoms with E-state index in [4.69, 9.17) is 0 Å². The van der Waals surface area contributed by atoms with E-state index in [-0.39, 0.29) is 17.9 Å². The van der Waals surface area contributed by atoms with Crippen LogP contribution in [-0.2, 0) is 15.6 Å². The fourth-order valence-electron chi connectivity index (χ4n) is 3.23. The Labute approximate surface area is 167 Å². The van der Waals surface area contributed by atoms with E-state index >= 15 is 0 Å². The highest BCUT2D eigenvalue weighted by Gasteiger charge is 2.22. The van der Waals surface area contributed by atoms with E-state index < -0.39 is 10.8 Å². The van der Waals surface area contributed by atoms with Crippen LogP contribution in [0.1, 0.15) is 23.2 Å². The van der Waals surface area contributed by atoms with Crippen molar-refractivity contribution in [2.75, 3.05) is 31.2 Å². The van der Waals surface area contributed by atoms with Crippen LogP contribution in [0, 0.1) is 0 Å². The lowest BCUT2D eigenvalue weighted by Crippen LogP contribution is -2.46. The van der Waals surface area contributed by atoms with Crippen LogP contribution in [0.15, 0.2) is 59.5 Å². The predicted molar refractivity (Wildman–Crippen MR) is 111 cm³/mol. The van der Waals surface area contributed by atoms with E-state index in [1.807, 2.05) is 30.3 Å². The molecule has 0 spiro atoms. The van der Waals surface area contributed by atoms with E-state index in [1.54, 1.807) is 30.5 Å². The average molecular weight is 400 g/mol. The average Bonchev–Trinajstić information content (AvgIpc) is 2.70. The molecular formula is C21H25N3O3S. The van der Waals surface area contributed by atoms with Crippen molar-refractivity contribution in [3.8, 4) is 0 Å². The monoisotopic (exact) mass is 399 g/mol. The molecule has 0 bridgehead atoms. The normalized spacial score (nSPS) is 16.3. The van der Waals surface area contributed by atoms with Gasteiger partial charge in [0.1, 0.15) is 0 Å². The van der Waals surface area contributed by atoms with Gasteiger partial charge in [-0.05, 0) is 49.2 Å². The van der Waals surface area contributed by atoms with Gasteiger partial charge in [0.05, 0.1) is 6.54 Å². The van der Waals surface area contributed by atoms with Gasteiger partial charge in [-0.15, -0.1) is 0 Å². The SMILES string of the molecule is CS(=O)c1ccc(C(=O)NC2CCN(CC(=O)Nc3ccccc3)CC2)cc1. The Kier molecular flexibility index (Phi) is 6.95. The second kappa shape index (κ2) is 9.61. The minimum atomic E-state index is -1.05. The van der Waals surface area contributed by atoms with Crippen molar-refractivity contribution in [1.82, 2.24) is 10.2 Å². The topological polar surface area (TPSA) is 78.5 Å². The van der Waals surface area contributed by atoms with Crippen LogP contribution in [-0.4, -0.2) is 52.9 Å². The number of nitrogens with one attached hydrogen (secondary N) is 2. The number of piperidine rings is 1. The molecule has 0 aliphatic carbocycles. The van der Waals surface area contributed by atoms with Crippen molar-refractivity contribution in [2.45, 2.75) is 23.8 Å². The zero-order valence-electron chi connectivity index (χ0n) is 15.9. The number of rotatable bonds is 6. The number of likely N-dealkylation sites (tertiary alicyclic amines) is 1. The summed E-state index contributed by atoms with van der Waals surface area (Å²) in [7, 11) is -1.05. The third-order valence-corrected chi connectivity index (χ3v) is 5.73. The van der Waals surface area contributed by atoms with Crippen LogP contribution >= 0.6 is 0 Å². The standard InChI is InChI=1S/C21H25N3O3S/c1-28(27)19-9-7-16(8-10-19)21(26)23-18-11-13-24(14-12-18)15-20(25)22-17-5-3-2-4-6-17/h2-10,18H,11-15H2,1H3,(H,22,25)(H,23,26). The summed E-state index contributed by atoms with van der Waals surface area (Å²) in [6, 6.07) is 16.4. The molecule has 148 valence electrons. The van der Waals surface area contributed by atoms with Crippen LogP contribution in [0.25, 0.3) is 0 Å². The number of para-hydroxylation sites is 1. The number of amides is 2. The zero-order valence-corrected chi connectivity index (χ0v) is 16.7. The summed E-state index contributed by atoms with van der Waals surface area (Å²) in [4.78, 5) is 27.4. The molecule has 1 atom stereocenters. The lowest BCUT2D eigenvalue weighted by Gasteiger charge is -2.31. The van der Waals surface area contributed by atoms with Crippen LogP contribution in [0.3, 0.4) is 0 Å². The van der Waals surface area contributed by atoms with E-state index in [0.717, 1.165) is 31.6 Å². The van der Waals surface area contributed by atoms with Crippen LogP contribution in [0.4, 0.5) is 5.69 Å². The summed E-state index contributed by atoms with van der Waals surface area (Å²) < 4.78 is 11.4. The van der Waals surface area contributed by atoms with Gasteiger partial charge >= 0.3 is 0 Å². The molecule has 0 radical (unpaired) electrons. The maximum Gasteiger partial charge on any atom is 0.251 e. The van der Waals surface area contributed by atoms with Crippen molar-refractivity contribution >= 4 is 28.3 Å². The Bertz CT molecular complexity index is 832. The van der Waals surface area contributed by atoms with Crippen LogP contribution in [0.2, 0.25) is 0 Å². The van der Waals surface area contributed by atoms with Gasteiger partial charge < -0.3 is 10.6 Å². The molecule has 7 heteroatoms. The number of nitrogens with zero attached hydrogens (tertiary/aromatic N) is 1.